The zero-order chi connectivity index (χ0) is 14.3. The molecule has 2 heterocycles. The van der Waals surface area contributed by atoms with Gasteiger partial charge in [0.25, 0.3) is 0 Å². The number of hydrogen-bond donors (Lipinski definition) is 1. The average molecular weight is 337 g/mol. The van der Waals surface area contributed by atoms with Gasteiger partial charge < -0.3 is 10.5 Å². The first-order valence-electron chi connectivity index (χ1n) is 5.74. The van der Waals surface area contributed by atoms with E-state index in [1.165, 1.54) is 19.2 Å². The van der Waals surface area contributed by atoms with Crippen LogP contribution in [-0.2, 0) is 0 Å². The maximum atomic E-state index is 13.5. The van der Waals surface area contributed by atoms with Gasteiger partial charge in [-0.2, -0.15) is 4.98 Å². The Morgan fingerprint density at radius 1 is 1.25 bits per heavy atom. The summed E-state index contributed by atoms with van der Waals surface area (Å²) in [7, 11) is 1.52. The summed E-state index contributed by atoms with van der Waals surface area (Å²) in [5.74, 6) is 0.297. The van der Waals surface area contributed by atoms with E-state index < -0.39 is 0 Å². The molecule has 0 saturated carbocycles. The Bertz CT molecular complexity index is 802. The Morgan fingerprint density at radius 2 is 2.05 bits per heavy atom. The van der Waals surface area contributed by atoms with Crippen LogP contribution in [0.1, 0.15) is 0 Å². The van der Waals surface area contributed by atoms with Gasteiger partial charge in [0.05, 0.1) is 12.8 Å². The molecule has 0 saturated heterocycles. The molecule has 0 fully saturated rings. The van der Waals surface area contributed by atoms with Crippen molar-refractivity contribution in [3.63, 3.8) is 0 Å². The normalized spacial score (nSPS) is 10.9. The zero-order valence-electron chi connectivity index (χ0n) is 10.5. The molecule has 0 spiro atoms. The highest BCUT2D eigenvalue weighted by molar-refractivity contribution is 9.10. The van der Waals surface area contributed by atoms with Gasteiger partial charge in [0, 0.05) is 10.5 Å². The topological polar surface area (TPSA) is 66.0 Å². The predicted molar refractivity (Wildman–Crippen MR) is 77.5 cm³/mol. The molecule has 3 rings (SSSR count). The molecule has 0 aliphatic heterocycles. The van der Waals surface area contributed by atoms with Crippen LogP contribution >= 0.6 is 15.9 Å². The lowest BCUT2D eigenvalue weighted by Gasteiger charge is -2.08. The third-order valence-electron chi connectivity index (χ3n) is 2.86. The summed E-state index contributed by atoms with van der Waals surface area (Å²) in [6.07, 6.45) is 0. The Labute approximate surface area is 122 Å². The molecule has 2 aromatic heterocycles. The Kier molecular flexibility index (Phi) is 3.06. The number of methoxy groups -OCH3 is 1. The molecule has 0 radical (unpaired) electrons. The molecule has 1 aromatic carbocycles. The number of benzene rings is 1. The van der Waals surface area contributed by atoms with Gasteiger partial charge in [0.2, 0.25) is 11.8 Å². The number of aromatic nitrogens is 3. The van der Waals surface area contributed by atoms with E-state index in [1.54, 1.807) is 22.8 Å². The number of fused-ring (bicyclic) bond motifs is 1. The van der Waals surface area contributed by atoms with Crippen molar-refractivity contribution >= 4 is 33.0 Å². The molecule has 2 N–H and O–H groups in total. The molecule has 0 amide bonds. The quantitative estimate of drug-likeness (QED) is 0.781. The number of halogens is 2. The minimum Gasteiger partial charge on any atom is -0.481 e. The van der Waals surface area contributed by atoms with Crippen LogP contribution in [0.2, 0.25) is 0 Å². The van der Waals surface area contributed by atoms with Gasteiger partial charge in [-0.25, -0.2) is 9.37 Å². The molecule has 0 atom stereocenters. The highest BCUT2D eigenvalue weighted by Gasteiger charge is 2.15. The van der Waals surface area contributed by atoms with Crippen molar-refractivity contribution in [1.29, 1.82) is 0 Å². The van der Waals surface area contributed by atoms with E-state index in [9.17, 15) is 4.39 Å². The number of nitrogen functional groups attached to an aromatic ring is 1. The Morgan fingerprint density at radius 3 is 2.80 bits per heavy atom. The molecule has 3 aromatic rings. The largest absolute Gasteiger partial charge is 0.481 e. The van der Waals surface area contributed by atoms with E-state index in [-0.39, 0.29) is 11.8 Å². The monoisotopic (exact) mass is 336 g/mol. The smallest absolute Gasteiger partial charge is 0.215 e. The van der Waals surface area contributed by atoms with Gasteiger partial charge in [-0.05, 0) is 40.2 Å². The predicted octanol–water partition coefficient (Wildman–Crippen LogP) is 2.91. The van der Waals surface area contributed by atoms with Crippen LogP contribution in [0.4, 0.5) is 10.3 Å². The highest BCUT2D eigenvalue weighted by Crippen LogP contribution is 2.29. The summed E-state index contributed by atoms with van der Waals surface area (Å²) in [6, 6.07) is 7.77. The Hall–Kier alpha value is -2.15. The zero-order valence-corrected chi connectivity index (χ0v) is 12.1. The summed E-state index contributed by atoms with van der Waals surface area (Å²) in [5, 5.41) is 0. The maximum absolute atomic E-state index is 13.5. The number of nitrogens with zero attached hydrogens (tertiary/aromatic N) is 3. The third-order valence-corrected chi connectivity index (χ3v) is 3.53. The van der Waals surface area contributed by atoms with E-state index in [2.05, 4.69) is 25.9 Å². The molecule has 0 aliphatic rings. The number of pyridine rings is 1. The molecule has 102 valence electrons. The second-order valence-corrected chi connectivity index (χ2v) is 4.95. The summed E-state index contributed by atoms with van der Waals surface area (Å²) in [4.78, 5) is 8.53. The van der Waals surface area contributed by atoms with Crippen LogP contribution < -0.4 is 10.5 Å². The SMILES string of the molecule is COc1ccc2nc(N)n(-c3cc(F)ccc3Br)c2n1. The number of rotatable bonds is 2. The molecule has 0 unspecified atom stereocenters. The molecule has 0 aliphatic carbocycles. The first-order chi connectivity index (χ1) is 9.60. The van der Waals surface area contributed by atoms with E-state index >= 15 is 0 Å². The second kappa shape index (κ2) is 4.75. The Balaban J connectivity index is 2.34. The first-order valence-corrected chi connectivity index (χ1v) is 6.54. The van der Waals surface area contributed by atoms with Gasteiger partial charge in [-0.15, -0.1) is 0 Å². The van der Waals surface area contributed by atoms with Crippen LogP contribution in [0.15, 0.2) is 34.8 Å². The minimum atomic E-state index is -0.368. The number of nitrogens with two attached hydrogens (primary N) is 1. The number of ether oxygens (including phenoxy) is 1. The maximum Gasteiger partial charge on any atom is 0.215 e. The van der Waals surface area contributed by atoms with Crippen molar-refractivity contribution in [1.82, 2.24) is 14.5 Å². The fraction of sp³-hybridized carbons (Fsp3) is 0.0769. The van der Waals surface area contributed by atoms with Gasteiger partial charge in [0.15, 0.2) is 5.65 Å². The lowest BCUT2D eigenvalue weighted by atomic mass is 10.3. The first kappa shape index (κ1) is 12.9. The molecular formula is C13H10BrFN4O. The van der Waals surface area contributed by atoms with Gasteiger partial charge in [-0.1, -0.05) is 0 Å². The van der Waals surface area contributed by atoms with Crippen LogP contribution in [0.5, 0.6) is 5.88 Å². The van der Waals surface area contributed by atoms with E-state index in [1.807, 2.05) is 0 Å². The van der Waals surface area contributed by atoms with Crippen LogP contribution in [0.25, 0.3) is 16.9 Å². The van der Waals surface area contributed by atoms with Crippen molar-refractivity contribution in [2.45, 2.75) is 0 Å². The van der Waals surface area contributed by atoms with Crippen molar-refractivity contribution in [2.24, 2.45) is 0 Å². The van der Waals surface area contributed by atoms with E-state index in [4.69, 9.17) is 10.5 Å². The van der Waals surface area contributed by atoms with Crippen molar-refractivity contribution in [3.8, 4) is 11.6 Å². The summed E-state index contributed by atoms with van der Waals surface area (Å²) < 4.78 is 20.8. The van der Waals surface area contributed by atoms with Crippen LogP contribution in [-0.4, -0.2) is 21.6 Å². The fourth-order valence-electron chi connectivity index (χ4n) is 1.97. The standard InChI is InChI=1S/C13H10BrFN4O/c1-20-11-5-4-9-12(18-11)19(13(16)17-9)10-6-7(15)2-3-8(10)14/h2-6H,1H3,(H2,16,17). The summed E-state index contributed by atoms with van der Waals surface area (Å²) in [5.41, 5.74) is 7.57. The minimum absolute atomic E-state index is 0.229. The number of imidazole rings is 1. The van der Waals surface area contributed by atoms with Crippen molar-refractivity contribution < 1.29 is 9.13 Å². The summed E-state index contributed by atoms with van der Waals surface area (Å²) in [6.45, 7) is 0. The fourth-order valence-corrected chi connectivity index (χ4v) is 2.39. The third kappa shape index (κ3) is 2.00. The highest BCUT2D eigenvalue weighted by atomic mass is 79.9. The van der Waals surface area contributed by atoms with Crippen LogP contribution in [0.3, 0.4) is 0 Å². The lowest BCUT2D eigenvalue weighted by Crippen LogP contribution is -2.03. The second-order valence-electron chi connectivity index (χ2n) is 4.10. The van der Waals surface area contributed by atoms with Gasteiger partial charge in [0.1, 0.15) is 11.3 Å². The molecule has 20 heavy (non-hydrogen) atoms. The number of hydrogen-bond acceptors (Lipinski definition) is 4. The lowest BCUT2D eigenvalue weighted by molar-refractivity contribution is 0.399. The van der Waals surface area contributed by atoms with Crippen LogP contribution in [0, 0.1) is 5.82 Å². The number of anilines is 1. The molecule has 7 heteroatoms. The van der Waals surface area contributed by atoms with Crippen molar-refractivity contribution in [3.05, 3.63) is 40.6 Å². The average Bonchev–Trinajstić information content (AvgIpc) is 2.76. The van der Waals surface area contributed by atoms with Gasteiger partial charge in [-0.3, -0.25) is 4.57 Å². The summed E-state index contributed by atoms with van der Waals surface area (Å²) >= 11 is 3.38. The van der Waals surface area contributed by atoms with Crippen molar-refractivity contribution in [2.75, 3.05) is 12.8 Å². The van der Waals surface area contributed by atoms with Gasteiger partial charge >= 0.3 is 0 Å². The van der Waals surface area contributed by atoms with E-state index in [0.717, 1.165) is 0 Å². The molecule has 5 nitrogen and oxygen atoms in total. The molecular weight excluding hydrogens is 327 g/mol. The van der Waals surface area contributed by atoms with E-state index in [0.29, 0.717) is 27.2 Å². The molecule has 0 bridgehead atoms.